The fraction of sp³-hybridized carbons (Fsp3) is 0.500. The van der Waals surface area contributed by atoms with Gasteiger partial charge >= 0.3 is 18.5 Å². The highest BCUT2D eigenvalue weighted by Crippen LogP contribution is 2.22. The van der Waals surface area contributed by atoms with Gasteiger partial charge in [0.1, 0.15) is 1.37 Å². The lowest BCUT2D eigenvalue weighted by Gasteiger charge is -2.00. The van der Waals surface area contributed by atoms with E-state index in [2.05, 4.69) is 11.3 Å². The van der Waals surface area contributed by atoms with E-state index in [0.29, 0.717) is 0 Å². The Bertz CT molecular complexity index is 234. The van der Waals surface area contributed by atoms with Crippen molar-refractivity contribution < 1.29 is 38.6 Å². The molecule has 0 rings (SSSR count). The number of esters is 1. The van der Waals surface area contributed by atoms with Crippen molar-refractivity contribution >= 4 is 5.97 Å². The summed E-state index contributed by atoms with van der Waals surface area (Å²) in [7, 11) is -0.568. The minimum absolute atomic E-state index is 0.568. The zero-order valence-electron chi connectivity index (χ0n) is 8.50. The highest BCUT2D eigenvalue weighted by molar-refractivity contribution is 5.84. The minimum atomic E-state index is -5.73. The number of carbonyl (C=O) groups excluding carboxylic acids is 1. The predicted molar refractivity (Wildman–Crippen MR) is 34.3 cm³/mol. The first-order chi connectivity index (χ1) is 6.93. The van der Waals surface area contributed by atoms with Gasteiger partial charge in [0.15, 0.2) is 0 Å². The van der Waals surface area contributed by atoms with Crippen LogP contribution in [0.2, 0.25) is 0 Å². The summed E-state index contributed by atoms with van der Waals surface area (Å²) in [6, 6.07) is 0. The zero-order chi connectivity index (χ0) is 13.6. The summed E-state index contributed by atoms with van der Waals surface area (Å²) in [5.41, 5.74) is 0. The Morgan fingerprint density at radius 2 is 1.93 bits per heavy atom. The maximum atomic E-state index is 11.5. The molecule has 0 unspecified atom stereocenters. The van der Waals surface area contributed by atoms with Crippen LogP contribution in [-0.4, -0.2) is 25.6 Å². The van der Waals surface area contributed by atoms with Crippen molar-refractivity contribution in [3.63, 3.8) is 0 Å². The standard InChI is InChI=1S/C4H5FO2.C2HF5/c1-3(5)4(6)7-2;3-1(4)2(5,6)7/h1H2,2H3;1H/i2D;1D. The van der Waals surface area contributed by atoms with E-state index in [1.54, 1.807) is 0 Å². The predicted octanol–water partition coefficient (Wildman–Crippen LogP) is 2.46. The molecule has 0 aliphatic heterocycles. The van der Waals surface area contributed by atoms with E-state index < -0.39 is 31.5 Å². The van der Waals surface area contributed by atoms with Gasteiger partial charge in [-0.25, -0.2) is 13.6 Å². The Hall–Kier alpha value is -1.21. The van der Waals surface area contributed by atoms with Crippen molar-refractivity contribution in [1.82, 2.24) is 0 Å². The lowest BCUT2D eigenvalue weighted by Crippen LogP contribution is -2.18. The summed E-state index contributed by atoms with van der Waals surface area (Å²) in [5, 5.41) is 0. The SMILES string of the molecule is [2H]C(F)(F)C(F)(F)F.[2H]COC(=O)C(=C)F. The Morgan fingerprint density at radius 3 is 2.00 bits per heavy atom. The highest BCUT2D eigenvalue weighted by atomic mass is 19.4. The van der Waals surface area contributed by atoms with Gasteiger partial charge < -0.3 is 4.74 Å². The molecular weight excluding hydrogens is 218 g/mol. The van der Waals surface area contributed by atoms with Crippen LogP contribution in [-0.2, 0) is 9.53 Å². The van der Waals surface area contributed by atoms with E-state index in [-0.39, 0.29) is 0 Å². The fourth-order valence-electron chi connectivity index (χ4n) is 0.0783. The van der Waals surface area contributed by atoms with Crippen molar-refractivity contribution in [1.29, 1.82) is 0 Å². The molecule has 8 heteroatoms. The summed E-state index contributed by atoms with van der Waals surface area (Å²) in [5.74, 6) is -2.34. The number of rotatable bonds is 1. The molecule has 0 spiro atoms. The van der Waals surface area contributed by atoms with Gasteiger partial charge in [-0.1, -0.05) is 6.58 Å². The number of hydrogen-bond donors (Lipinski definition) is 0. The molecule has 0 N–H and O–H groups in total. The fourth-order valence-corrected chi connectivity index (χ4v) is 0.0783. The van der Waals surface area contributed by atoms with Crippen molar-refractivity contribution in [3.05, 3.63) is 12.4 Å². The molecule has 0 aliphatic rings. The van der Waals surface area contributed by atoms with Gasteiger partial charge in [-0.2, -0.15) is 17.6 Å². The van der Waals surface area contributed by atoms with E-state index >= 15 is 0 Å². The van der Waals surface area contributed by atoms with Gasteiger partial charge in [0.25, 0.3) is 0 Å². The third kappa shape index (κ3) is 8.88. The first kappa shape index (κ1) is 10.9. The first-order valence-corrected chi connectivity index (χ1v) is 2.68. The van der Waals surface area contributed by atoms with E-state index in [1.165, 1.54) is 0 Å². The molecule has 0 radical (unpaired) electrons. The molecule has 2 nitrogen and oxygen atoms in total. The maximum Gasteiger partial charge on any atom is 0.450 e. The third-order valence-corrected chi connectivity index (χ3v) is 0.567. The number of halogens is 6. The van der Waals surface area contributed by atoms with E-state index in [1.807, 2.05) is 0 Å². The molecule has 0 bridgehead atoms. The van der Waals surface area contributed by atoms with Crippen LogP contribution in [0.1, 0.15) is 2.74 Å². The molecule has 0 aromatic heterocycles. The van der Waals surface area contributed by atoms with Crippen LogP contribution in [0, 0.1) is 0 Å². The smallest absolute Gasteiger partial charge is 0.450 e. The van der Waals surface area contributed by atoms with Gasteiger partial charge in [0.05, 0.1) is 8.46 Å². The Labute approximate surface area is 78.0 Å². The number of alkyl halides is 5. The van der Waals surface area contributed by atoms with Gasteiger partial charge in [0, 0.05) is 0 Å². The molecule has 0 heterocycles. The molecule has 0 fully saturated rings. The molecule has 84 valence electrons. The van der Waals surface area contributed by atoms with Crippen LogP contribution in [0.3, 0.4) is 0 Å². The largest absolute Gasteiger partial charge is 0.464 e. The monoisotopic (exact) mass is 226 g/mol. The van der Waals surface area contributed by atoms with Crippen LogP contribution in [0.5, 0.6) is 0 Å². The molecule has 0 atom stereocenters. The van der Waals surface area contributed by atoms with E-state index in [0.717, 1.165) is 0 Å². The second-order valence-electron chi connectivity index (χ2n) is 1.59. The first-order valence-electron chi connectivity index (χ1n) is 3.89. The van der Waals surface area contributed by atoms with Crippen molar-refractivity contribution in [2.75, 3.05) is 7.09 Å². The molecular formula is C6H6F6O2. The van der Waals surface area contributed by atoms with Gasteiger partial charge in [-0.3, -0.25) is 0 Å². The number of ether oxygens (including phenoxy) is 1. The summed E-state index contributed by atoms with van der Waals surface area (Å²) >= 11 is 0. The topological polar surface area (TPSA) is 26.3 Å². The lowest BCUT2D eigenvalue weighted by atomic mass is 10.6. The third-order valence-electron chi connectivity index (χ3n) is 0.567. The normalized spacial score (nSPS) is 13.0. The van der Waals surface area contributed by atoms with Crippen LogP contribution >= 0.6 is 0 Å². The van der Waals surface area contributed by atoms with Crippen LogP contribution in [0.25, 0.3) is 0 Å². The Balaban J connectivity index is 0. The van der Waals surface area contributed by atoms with Crippen LogP contribution in [0.15, 0.2) is 12.4 Å². The summed E-state index contributed by atoms with van der Waals surface area (Å²) in [6.07, 6.45) is -11.0. The number of methoxy groups -OCH3 is 1. The summed E-state index contributed by atoms with van der Waals surface area (Å²) in [6.45, 7) is 2.65. The van der Waals surface area contributed by atoms with Crippen LogP contribution in [0.4, 0.5) is 26.3 Å². The second-order valence-corrected chi connectivity index (χ2v) is 1.59. The van der Waals surface area contributed by atoms with E-state index in [9.17, 15) is 31.1 Å². The Morgan fingerprint density at radius 1 is 1.57 bits per heavy atom. The number of hydrogen-bond acceptors (Lipinski definition) is 2. The van der Waals surface area contributed by atoms with Gasteiger partial charge in [-0.05, 0) is 0 Å². The minimum Gasteiger partial charge on any atom is -0.464 e. The molecule has 0 aromatic rings. The summed E-state index contributed by atoms with van der Waals surface area (Å²) in [4.78, 5) is 9.93. The van der Waals surface area contributed by atoms with Gasteiger partial charge in [0.2, 0.25) is 5.83 Å². The quantitative estimate of drug-likeness (QED) is 0.390. The highest BCUT2D eigenvalue weighted by Gasteiger charge is 2.40. The zero-order valence-corrected chi connectivity index (χ0v) is 6.50. The summed E-state index contributed by atoms with van der Waals surface area (Å²) < 4.78 is 80.2. The second kappa shape index (κ2) is 6.28. The molecule has 0 saturated carbocycles. The number of carbonyl (C=O) groups is 1. The van der Waals surface area contributed by atoms with Crippen LogP contribution < -0.4 is 0 Å². The van der Waals surface area contributed by atoms with Crippen molar-refractivity contribution in [2.45, 2.75) is 12.6 Å². The van der Waals surface area contributed by atoms with Crippen molar-refractivity contribution in [2.24, 2.45) is 0 Å². The molecule has 0 aliphatic carbocycles. The molecule has 0 saturated heterocycles. The molecule has 0 amide bonds. The lowest BCUT2D eigenvalue weighted by molar-refractivity contribution is -0.219. The molecule has 0 aromatic carbocycles. The molecule has 14 heavy (non-hydrogen) atoms. The maximum absolute atomic E-state index is 11.5. The average molecular weight is 226 g/mol. The Kier molecular flexibility index (Phi) is 4.87. The van der Waals surface area contributed by atoms with E-state index in [4.69, 9.17) is 2.74 Å². The average Bonchev–Trinajstić information content (AvgIpc) is 2.01. The van der Waals surface area contributed by atoms with Crippen molar-refractivity contribution in [3.8, 4) is 0 Å². The van der Waals surface area contributed by atoms with Gasteiger partial charge in [-0.15, -0.1) is 0 Å².